The molecule has 0 radical (unpaired) electrons. The first-order chi connectivity index (χ1) is 8.81. The van der Waals surface area contributed by atoms with Gasteiger partial charge >= 0.3 is 0 Å². The molecule has 2 aromatic rings. The van der Waals surface area contributed by atoms with Gasteiger partial charge in [0.25, 0.3) is 0 Å². The molecule has 1 aliphatic heterocycles. The van der Waals surface area contributed by atoms with Gasteiger partial charge in [-0.2, -0.15) is 5.10 Å². The van der Waals surface area contributed by atoms with Crippen molar-refractivity contribution in [2.45, 2.75) is 6.54 Å². The Kier molecular flexibility index (Phi) is 3.40. The van der Waals surface area contributed by atoms with Crippen molar-refractivity contribution in [3.8, 4) is 11.3 Å². The molecule has 1 saturated heterocycles. The second-order valence-corrected chi connectivity index (χ2v) is 5.50. The van der Waals surface area contributed by atoms with Gasteiger partial charge in [-0.25, -0.2) is 4.98 Å². The molecule has 1 aliphatic rings. The van der Waals surface area contributed by atoms with Crippen molar-refractivity contribution in [1.29, 1.82) is 0 Å². The van der Waals surface area contributed by atoms with Crippen LogP contribution in [0.5, 0.6) is 0 Å². The zero-order valence-electron chi connectivity index (χ0n) is 10.5. The lowest BCUT2D eigenvalue weighted by molar-refractivity contribution is 0.233. The van der Waals surface area contributed by atoms with Gasteiger partial charge in [-0.15, -0.1) is 11.3 Å². The lowest BCUT2D eigenvalue weighted by Gasteiger charge is -2.26. The van der Waals surface area contributed by atoms with E-state index >= 15 is 0 Å². The highest BCUT2D eigenvalue weighted by Crippen LogP contribution is 2.22. The third-order valence-electron chi connectivity index (χ3n) is 3.12. The number of nitrogens with one attached hydrogen (secondary N) is 1. The van der Waals surface area contributed by atoms with Crippen molar-refractivity contribution < 1.29 is 0 Å². The van der Waals surface area contributed by atoms with E-state index in [4.69, 9.17) is 4.98 Å². The second kappa shape index (κ2) is 5.17. The first-order valence-electron chi connectivity index (χ1n) is 6.18. The zero-order chi connectivity index (χ0) is 12.4. The van der Waals surface area contributed by atoms with Gasteiger partial charge in [0.15, 0.2) is 0 Å². The number of aromatic nitrogens is 3. The van der Waals surface area contributed by atoms with Gasteiger partial charge in [0.1, 0.15) is 5.01 Å². The predicted molar refractivity (Wildman–Crippen MR) is 72.5 cm³/mol. The molecular formula is C12H17N5S. The van der Waals surface area contributed by atoms with Crippen LogP contribution in [-0.2, 0) is 13.6 Å². The summed E-state index contributed by atoms with van der Waals surface area (Å²) in [5.74, 6) is 0. The van der Waals surface area contributed by atoms with Crippen molar-refractivity contribution >= 4 is 11.3 Å². The quantitative estimate of drug-likeness (QED) is 0.895. The summed E-state index contributed by atoms with van der Waals surface area (Å²) in [4.78, 5) is 7.14. The minimum atomic E-state index is 0.965. The summed E-state index contributed by atoms with van der Waals surface area (Å²) in [5.41, 5.74) is 2.14. The summed E-state index contributed by atoms with van der Waals surface area (Å²) in [6, 6.07) is 0. The Morgan fingerprint density at radius 2 is 2.22 bits per heavy atom. The van der Waals surface area contributed by atoms with Crippen molar-refractivity contribution in [1.82, 2.24) is 25.0 Å². The van der Waals surface area contributed by atoms with E-state index in [0.29, 0.717) is 0 Å². The van der Waals surface area contributed by atoms with Crippen LogP contribution in [0.1, 0.15) is 5.01 Å². The summed E-state index contributed by atoms with van der Waals surface area (Å²) >= 11 is 1.74. The lowest BCUT2D eigenvalue weighted by atomic mass is 10.3. The summed E-state index contributed by atoms with van der Waals surface area (Å²) < 4.78 is 1.81. The molecule has 0 amide bonds. The van der Waals surface area contributed by atoms with Crippen molar-refractivity contribution in [3.63, 3.8) is 0 Å². The summed E-state index contributed by atoms with van der Waals surface area (Å²) in [6.45, 7) is 5.36. The van der Waals surface area contributed by atoms with Gasteiger partial charge in [-0.05, 0) is 0 Å². The molecule has 5 nitrogen and oxygen atoms in total. The highest BCUT2D eigenvalue weighted by atomic mass is 32.1. The average molecular weight is 263 g/mol. The number of hydrogen-bond acceptors (Lipinski definition) is 5. The van der Waals surface area contributed by atoms with Crippen LogP contribution in [0, 0.1) is 0 Å². The Morgan fingerprint density at radius 3 is 2.94 bits per heavy atom. The van der Waals surface area contributed by atoms with Crippen LogP contribution in [0.25, 0.3) is 11.3 Å². The maximum absolute atomic E-state index is 4.69. The molecule has 0 aliphatic carbocycles. The van der Waals surface area contributed by atoms with Gasteiger partial charge in [0, 0.05) is 50.4 Å². The van der Waals surface area contributed by atoms with E-state index < -0.39 is 0 Å². The van der Waals surface area contributed by atoms with Crippen LogP contribution in [0.4, 0.5) is 0 Å². The fraction of sp³-hybridized carbons (Fsp3) is 0.500. The SMILES string of the molecule is Cn1cc(-c2csc(CN3CCNCC3)n2)cn1. The number of rotatable bonds is 3. The maximum Gasteiger partial charge on any atom is 0.107 e. The lowest BCUT2D eigenvalue weighted by Crippen LogP contribution is -2.42. The first-order valence-corrected chi connectivity index (χ1v) is 7.06. The third-order valence-corrected chi connectivity index (χ3v) is 3.95. The zero-order valence-corrected chi connectivity index (χ0v) is 11.3. The number of thiazole rings is 1. The Balaban J connectivity index is 1.69. The Hall–Kier alpha value is -1.24. The first kappa shape index (κ1) is 11.8. The van der Waals surface area contributed by atoms with Gasteiger partial charge in [0.2, 0.25) is 0 Å². The monoisotopic (exact) mass is 263 g/mol. The number of aryl methyl sites for hydroxylation is 1. The molecule has 96 valence electrons. The van der Waals surface area contributed by atoms with Crippen LogP contribution in [-0.4, -0.2) is 45.8 Å². The van der Waals surface area contributed by atoms with Crippen LogP contribution in [0.3, 0.4) is 0 Å². The van der Waals surface area contributed by atoms with Crippen molar-refractivity contribution in [2.24, 2.45) is 7.05 Å². The fourth-order valence-corrected chi connectivity index (χ4v) is 2.97. The molecule has 3 rings (SSSR count). The van der Waals surface area contributed by atoms with Crippen LogP contribution in [0.2, 0.25) is 0 Å². The summed E-state index contributed by atoms with van der Waals surface area (Å²) in [6.07, 6.45) is 3.87. The van der Waals surface area contributed by atoms with Crippen LogP contribution in [0.15, 0.2) is 17.8 Å². The Bertz CT molecular complexity index is 512. The number of hydrogen-bond donors (Lipinski definition) is 1. The minimum Gasteiger partial charge on any atom is -0.314 e. The Morgan fingerprint density at radius 1 is 1.39 bits per heavy atom. The van der Waals surface area contributed by atoms with E-state index in [1.807, 2.05) is 24.1 Å². The summed E-state index contributed by atoms with van der Waals surface area (Å²) in [5, 5.41) is 10.9. The molecule has 0 saturated carbocycles. The molecule has 0 bridgehead atoms. The fourth-order valence-electron chi connectivity index (χ4n) is 2.13. The Labute approximate surface area is 110 Å². The molecule has 18 heavy (non-hydrogen) atoms. The van der Waals surface area contributed by atoms with Gasteiger partial charge in [-0.1, -0.05) is 0 Å². The number of nitrogens with zero attached hydrogens (tertiary/aromatic N) is 4. The normalized spacial score (nSPS) is 17.2. The topological polar surface area (TPSA) is 46.0 Å². The molecule has 1 fully saturated rings. The van der Waals surface area contributed by atoms with Crippen molar-refractivity contribution in [3.05, 3.63) is 22.8 Å². The minimum absolute atomic E-state index is 0.965. The average Bonchev–Trinajstić information content (AvgIpc) is 2.99. The van der Waals surface area contributed by atoms with Gasteiger partial charge in [-0.3, -0.25) is 9.58 Å². The molecule has 2 aromatic heterocycles. The van der Waals surface area contributed by atoms with E-state index in [-0.39, 0.29) is 0 Å². The molecule has 1 N–H and O–H groups in total. The third kappa shape index (κ3) is 2.60. The predicted octanol–water partition coefficient (Wildman–Crippen LogP) is 0.949. The standard InChI is InChI=1S/C12H17N5S/c1-16-7-10(6-14-16)11-9-18-12(15-11)8-17-4-2-13-3-5-17/h6-7,9,13H,2-5,8H2,1H3. The van der Waals surface area contributed by atoms with Crippen molar-refractivity contribution in [2.75, 3.05) is 26.2 Å². The molecule has 0 atom stereocenters. The largest absolute Gasteiger partial charge is 0.314 e. The molecule has 0 spiro atoms. The van der Waals surface area contributed by atoms with E-state index in [0.717, 1.165) is 44.0 Å². The molecular weight excluding hydrogens is 246 g/mol. The van der Waals surface area contributed by atoms with Crippen LogP contribution >= 0.6 is 11.3 Å². The van der Waals surface area contributed by atoms with E-state index in [1.54, 1.807) is 11.3 Å². The number of piperazine rings is 1. The smallest absolute Gasteiger partial charge is 0.107 e. The molecule has 0 unspecified atom stereocenters. The molecule has 0 aromatic carbocycles. The van der Waals surface area contributed by atoms with E-state index in [1.165, 1.54) is 5.01 Å². The van der Waals surface area contributed by atoms with Gasteiger partial charge in [0.05, 0.1) is 18.4 Å². The molecule has 3 heterocycles. The molecule has 6 heteroatoms. The maximum atomic E-state index is 4.69. The van der Waals surface area contributed by atoms with Crippen LogP contribution < -0.4 is 5.32 Å². The van der Waals surface area contributed by atoms with E-state index in [2.05, 4.69) is 20.7 Å². The second-order valence-electron chi connectivity index (χ2n) is 4.56. The summed E-state index contributed by atoms with van der Waals surface area (Å²) in [7, 11) is 1.93. The van der Waals surface area contributed by atoms with E-state index in [9.17, 15) is 0 Å². The van der Waals surface area contributed by atoms with Gasteiger partial charge < -0.3 is 5.32 Å². The highest BCUT2D eigenvalue weighted by Gasteiger charge is 2.13. The highest BCUT2D eigenvalue weighted by molar-refractivity contribution is 7.09.